The Labute approximate surface area is 148 Å². The highest BCUT2D eigenvalue weighted by molar-refractivity contribution is 6.33. The molecule has 0 spiro atoms. The molecule has 2 heterocycles. The summed E-state index contributed by atoms with van der Waals surface area (Å²) in [5, 5.41) is 6.17. The van der Waals surface area contributed by atoms with Crippen LogP contribution in [0.5, 0.6) is 5.75 Å². The maximum atomic E-state index is 12.2. The largest absolute Gasteiger partial charge is 0.497 e. The summed E-state index contributed by atoms with van der Waals surface area (Å²) < 4.78 is 5.26. The molecular formula is C19H14ClN3O2. The monoisotopic (exact) mass is 351 g/mol. The number of nitrogens with zero attached hydrogens (tertiary/aromatic N) is 1. The molecule has 0 saturated carbocycles. The molecule has 0 unspecified atom stereocenters. The molecule has 0 saturated heterocycles. The Morgan fingerprint density at radius 1 is 1.08 bits per heavy atom. The molecular weight excluding hydrogens is 338 g/mol. The lowest BCUT2D eigenvalue weighted by Crippen LogP contribution is -2.08. The minimum Gasteiger partial charge on any atom is -0.497 e. The van der Waals surface area contributed by atoms with Gasteiger partial charge in [0.25, 0.3) is 5.56 Å². The number of nitrogens with one attached hydrogen (secondary N) is 2. The Balaban J connectivity index is 1.97. The first-order valence-corrected chi connectivity index (χ1v) is 8.05. The lowest BCUT2D eigenvalue weighted by atomic mass is 10.1. The van der Waals surface area contributed by atoms with Crippen LogP contribution < -0.4 is 15.6 Å². The van der Waals surface area contributed by atoms with Crippen LogP contribution in [0.25, 0.3) is 21.8 Å². The van der Waals surface area contributed by atoms with Crippen LogP contribution in [-0.4, -0.2) is 17.1 Å². The van der Waals surface area contributed by atoms with Crippen LogP contribution in [0.4, 0.5) is 11.4 Å². The second-order valence-electron chi connectivity index (χ2n) is 5.55. The molecule has 0 amide bonds. The fourth-order valence-electron chi connectivity index (χ4n) is 2.88. The Bertz CT molecular complexity index is 1150. The third-order valence-corrected chi connectivity index (χ3v) is 4.40. The van der Waals surface area contributed by atoms with Gasteiger partial charge in [0.1, 0.15) is 11.4 Å². The second kappa shape index (κ2) is 6.11. The quantitative estimate of drug-likeness (QED) is 0.534. The molecule has 0 aliphatic heterocycles. The van der Waals surface area contributed by atoms with E-state index in [0.29, 0.717) is 27.5 Å². The number of aromatic nitrogens is 2. The lowest BCUT2D eigenvalue weighted by molar-refractivity contribution is 0.415. The molecule has 2 aromatic carbocycles. The van der Waals surface area contributed by atoms with Crippen molar-refractivity contribution in [1.29, 1.82) is 0 Å². The highest BCUT2D eigenvalue weighted by Gasteiger charge is 2.11. The topological polar surface area (TPSA) is 67.0 Å². The van der Waals surface area contributed by atoms with Crippen LogP contribution >= 0.6 is 11.6 Å². The van der Waals surface area contributed by atoms with Gasteiger partial charge in [-0.15, -0.1) is 0 Å². The van der Waals surface area contributed by atoms with Crippen molar-refractivity contribution in [3.63, 3.8) is 0 Å². The molecule has 25 heavy (non-hydrogen) atoms. The summed E-state index contributed by atoms with van der Waals surface area (Å²) in [5.74, 6) is 0.698. The fourth-order valence-corrected chi connectivity index (χ4v) is 3.04. The van der Waals surface area contributed by atoms with Gasteiger partial charge in [-0.05, 0) is 24.3 Å². The summed E-state index contributed by atoms with van der Waals surface area (Å²) in [7, 11) is 1.60. The zero-order valence-electron chi connectivity index (χ0n) is 13.3. The molecule has 4 aromatic rings. The Hall–Kier alpha value is -3.05. The predicted octanol–water partition coefficient (Wildman–Crippen LogP) is 4.48. The molecule has 0 aliphatic carbocycles. The summed E-state index contributed by atoms with van der Waals surface area (Å²) in [6.45, 7) is 0. The van der Waals surface area contributed by atoms with E-state index in [1.165, 1.54) is 0 Å². The molecule has 5 nitrogen and oxygen atoms in total. The summed E-state index contributed by atoms with van der Waals surface area (Å²) in [6.07, 6.45) is 1.64. The van der Waals surface area contributed by atoms with E-state index in [4.69, 9.17) is 16.3 Å². The van der Waals surface area contributed by atoms with E-state index >= 15 is 0 Å². The van der Waals surface area contributed by atoms with Gasteiger partial charge in [-0.1, -0.05) is 29.8 Å². The van der Waals surface area contributed by atoms with Crippen molar-refractivity contribution in [3.05, 3.63) is 70.1 Å². The van der Waals surface area contributed by atoms with Gasteiger partial charge < -0.3 is 15.0 Å². The van der Waals surface area contributed by atoms with E-state index in [0.717, 1.165) is 16.5 Å². The second-order valence-corrected chi connectivity index (χ2v) is 5.96. The van der Waals surface area contributed by atoms with Gasteiger partial charge in [0, 0.05) is 28.4 Å². The van der Waals surface area contributed by atoms with Gasteiger partial charge in [0.05, 0.1) is 23.5 Å². The Morgan fingerprint density at radius 3 is 2.68 bits per heavy atom. The molecule has 2 N–H and O–H groups in total. The van der Waals surface area contributed by atoms with Gasteiger partial charge in [0.2, 0.25) is 0 Å². The maximum absolute atomic E-state index is 12.2. The van der Waals surface area contributed by atoms with E-state index in [9.17, 15) is 4.79 Å². The van der Waals surface area contributed by atoms with E-state index in [1.807, 2.05) is 30.3 Å². The number of rotatable bonds is 3. The van der Waals surface area contributed by atoms with E-state index in [2.05, 4.69) is 15.3 Å². The molecule has 4 rings (SSSR count). The zero-order valence-corrected chi connectivity index (χ0v) is 14.1. The van der Waals surface area contributed by atoms with Crippen LogP contribution in [0, 0.1) is 0 Å². The maximum Gasteiger partial charge on any atom is 0.257 e. The SMILES string of the molecule is COc1ccc(Cl)c(Nc2ccnc3[nH]c(=O)c4ccccc4c23)c1. The number of hydrogen-bond donors (Lipinski definition) is 2. The van der Waals surface area contributed by atoms with E-state index in [-0.39, 0.29) is 5.56 Å². The van der Waals surface area contributed by atoms with Crippen molar-refractivity contribution in [1.82, 2.24) is 9.97 Å². The first-order valence-electron chi connectivity index (χ1n) is 7.67. The predicted molar refractivity (Wildman–Crippen MR) is 101 cm³/mol. The number of H-pyrrole nitrogens is 1. The number of benzene rings is 2. The number of halogens is 1. The van der Waals surface area contributed by atoms with Crippen LogP contribution in [0.3, 0.4) is 0 Å². The fraction of sp³-hybridized carbons (Fsp3) is 0.0526. The highest BCUT2D eigenvalue weighted by Crippen LogP contribution is 2.33. The third-order valence-electron chi connectivity index (χ3n) is 4.07. The molecule has 2 aromatic heterocycles. The van der Waals surface area contributed by atoms with Crippen molar-refractivity contribution in [3.8, 4) is 5.75 Å². The van der Waals surface area contributed by atoms with E-state index in [1.54, 1.807) is 31.5 Å². The normalized spacial score (nSPS) is 11.0. The molecule has 0 radical (unpaired) electrons. The van der Waals surface area contributed by atoms with Gasteiger partial charge in [0.15, 0.2) is 0 Å². The Kier molecular flexibility index (Phi) is 3.78. The zero-order chi connectivity index (χ0) is 17.4. The van der Waals surface area contributed by atoms with Crippen molar-refractivity contribution in [2.45, 2.75) is 0 Å². The minimum atomic E-state index is -0.160. The Morgan fingerprint density at radius 2 is 1.88 bits per heavy atom. The first kappa shape index (κ1) is 15.5. The molecule has 6 heteroatoms. The van der Waals surface area contributed by atoms with Gasteiger partial charge >= 0.3 is 0 Å². The lowest BCUT2D eigenvalue weighted by Gasteiger charge is -2.13. The molecule has 124 valence electrons. The standard InChI is InChI=1S/C19H14ClN3O2/c1-25-11-6-7-14(20)16(10-11)22-15-8-9-21-18-17(15)12-4-2-3-5-13(12)19(24)23-18/h2-10H,1H3,(H2,21,22,23,24). The third kappa shape index (κ3) is 2.68. The van der Waals surface area contributed by atoms with Gasteiger partial charge in [-0.2, -0.15) is 0 Å². The van der Waals surface area contributed by atoms with Crippen LogP contribution in [0.1, 0.15) is 0 Å². The number of pyridine rings is 2. The number of fused-ring (bicyclic) bond motifs is 3. The molecule has 0 bridgehead atoms. The first-order chi connectivity index (χ1) is 12.2. The number of aromatic amines is 1. The average Bonchev–Trinajstić information content (AvgIpc) is 2.64. The number of ether oxygens (including phenoxy) is 1. The van der Waals surface area contributed by atoms with Crippen LogP contribution in [0.2, 0.25) is 5.02 Å². The molecule has 0 fully saturated rings. The number of anilines is 2. The van der Waals surface area contributed by atoms with Crippen LogP contribution in [0.15, 0.2) is 59.5 Å². The van der Waals surface area contributed by atoms with Gasteiger partial charge in [-0.3, -0.25) is 4.79 Å². The molecule has 0 atom stereocenters. The van der Waals surface area contributed by atoms with E-state index < -0.39 is 0 Å². The number of hydrogen-bond acceptors (Lipinski definition) is 4. The summed E-state index contributed by atoms with van der Waals surface area (Å²) in [4.78, 5) is 19.4. The number of methoxy groups -OCH3 is 1. The summed E-state index contributed by atoms with van der Waals surface area (Å²) in [6, 6.07) is 14.7. The van der Waals surface area contributed by atoms with Crippen molar-refractivity contribution < 1.29 is 4.74 Å². The highest BCUT2D eigenvalue weighted by atomic mass is 35.5. The van der Waals surface area contributed by atoms with Crippen molar-refractivity contribution in [2.24, 2.45) is 0 Å². The van der Waals surface area contributed by atoms with Crippen LogP contribution in [-0.2, 0) is 0 Å². The van der Waals surface area contributed by atoms with Crippen molar-refractivity contribution >= 4 is 44.8 Å². The van der Waals surface area contributed by atoms with Gasteiger partial charge in [-0.25, -0.2) is 4.98 Å². The molecule has 0 aliphatic rings. The smallest absolute Gasteiger partial charge is 0.257 e. The van der Waals surface area contributed by atoms with Crippen molar-refractivity contribution in [2.75, 3.05) is 12.4 Å². The average molecular weight is 352 g/mol. The summed E-state index contributed by atoms with van der Waals surface area (Å²) >= 11 is 6.31. The minimum absolute atomic E-state index is 0.160. The summed E-state index contributed by atoms with van der Waals surface area (Å²) in [5.41, 5.74) is 1.87.